The van der Waals surface area contributed by atoms with E-state index < -0.39 is 5.97 Å². The maximum absolute atomic E-state index is 12.0. The Hall–Kier alpha value is -1.23. The number of ketones is 1. The van der Waals surface area contributed by atoms with Crippen LogP contribution in [0.2, 0.25) is 0 Å². The van der Waals surface area contributed by atoms with Crippen LogP contribution in [0.1, 0.15) is 112 Å². The number of nitrogens with zero attached hydrogens (tertiary/aromatic N) is 1. The molecule has 148 valence electrons. The Balaban J connectivity index is 1.93. The van der Waals surface area contributed by atoms with E-state index >= 15 is 0 Å². The molecule has 0 atom stereocenters. The molecule has 4 nitrogen and oxygen atoms in total. The molecule has 26 heavy (non-hydrogen) atoms. The molecular weight excluding hydrogens is 346 g/mol. The summed E-state index contributed by atoms with van der Waals surface area (Å²) in [5, 5.41) is 10.9. The predicted octanol–water partition coefficient (Wildman–Crippen LogP) is 6.43. The summed E-state index contributed by atoms with van der Waals surface area (Å²) < 4.78 is 0. The number of aliphatic carboxylic acids is 1. The van der Waals surface area contributed by atoms with Gasteiger partial charge in [-0.2, -0.15) is 0 Å². The van der Waals surface area contributed by atoms with E-state index in [1.165, 1.54) is 82.0 Å². The molecule has 0 fully saturated rings. The first-order valence-corrected chi connectivity index (χ1v) is 11.2. The molecular formula is C21H35NO3S. The zero-order chi connectivity index (χ0) is 19.0. The minimum Gasteiger partial charge on any atom is -0.481 e. The summed E-state index contributed by atoms with van der Waals surface area (Å²) in [4.78, 5) is 26.8. The highest BCUT2D eigenvalue weighted by molar-refractivity contribution is 7.11. The van der Waals surface area contributed by atoms with E-state index in [-0.39, 0.29) is 12.2 Å². The lowest BCUT2D eigenvalue weighted by atomic mass is 10.0. The third kappa shape index (κ3) is 11.4. The summed E-state index contributed by atoms with van der Waals surface area (Å²) in [5.41, 5.74) is 0.483. The average molecular weight is 382 g/mol. The molecule has 0 radical (unpaired) electrons. The largest absolute Gasteiger partial charge is 0.481 e. The number of unbranched alkanes of at least 4 members (excludes halogenated alkanes) is 12. The van der Waals surface area contributed by atoms with Gasteiger partial charge in [0.25, 0.3) is 0 Å². The highest BCUT2D eigenvalue weighted by atomic mass is 32.1. The van der Waals surface area contributed by atoms with E-state index in [0.29, 0.717) is 17.1 Å². The Morgan fingerprint density at radius 2 is 1.38 bits per heavy atom. The average Bonchev–Trinajstić information content (AvgIpc) is 3.06. The molecule has 0 saturated carbocycles. The lowest BCUT2D eigenvalue weighted by Crippen LogP contribution is -2.02. The van der Waals surface area contributed by atoms with Crippen molar-refractivity contribution in [2.45, 2.75) is 103 Å². The van der Waals surface area contributed by atoms with Gasteiger partial charge in [-0.1, -0.05) is 84.0 Å². The van der Waals surface area contributed by atoms with Gasteiger partial charge >= 0.3 is 5.97 Å². The van der Waals surface area contributed by atoms with Gasteiger partial charge in [0.05, 0.1) is 12.1 Å². The van der Waals surface area contributed by atoms with Crippen molar-refractivity contribution in [1.82, 2.24) is 4.98 Å². The normalized spacial score (nSPS) is 11.0. The summed E-state index contributed by atoms with van der Waals surface area (Å²) in [6.07, 6.45) is 17.2. The molecule has 1 aromatic rings. The molecule has 0 aliphatic heterocycles. The molecule has 0 unspecified atom stereocenters. The fraction of sp³-hybridized carbons (Fsp3) is 0.762. The Kier molecular flexibility index (Phi) is 13.1. The number of thiazole rings is 1. The monoisotopic (exact) mass is 381 g/mol. The number of rotatable bonds is 17. The Morgan fingerprint density at radius 1 is 0.885 bits per heavy atom. The van der Waals surface area contributed by atoms with E-state index in [1.807, 2.05) is 0 Å². The van der Waals surface area contributed by atoms with Crippen molar-refractivity contribution in [2.75, 3.05) is 0 Å². The molecule has 0 bridgehead atoms. The van der Waals surface area contributed by atoms with Crippen molar-refractivity contribution in [1.29, 1.82) is 0 Å². The molecule has 0 aliphatic rings. The quantitative estimate of drug-likeness (QED) is 0.249. The van der Waals surface area contributed by atoms with Gasteiger partial charge in [0.1, 0.15) is 0 Å². The van der Waals surface area contributed by atoms with Gasteiger partial charge in [-0.05, 0) is 6.42 Å². The SMILES string of the molecule is CCCCCCCCCCCCCCCC(=O)c1nc(CC(=O)O)cs1. The Labute approximate surface area is 162 Å². The summed E-state index contributed by atoms with van der Waals surface area (Å²) in [6, 6.07) is 0. The molecule has 5 heteroatoms. The first kappa shape index (κ1) is 22.8. The molecule has 0 aromatic carbocycles. The van der Waals surface area contributed by atoms with Crippen LogP contribution < -0.4 is 0 Å². The van der Waals surface area contributed by atoms with Gasteiger partial charge in [-0.25, -0.2) is 4.98 Å². The molecule has 1 N–H and O–H groups in total. The van der Waals surface area contributed by atoms with Gasteiger partial charge in [0.2, 0.25) is 0 Å². The van der Waals surface area contributed by atoms with Crippen LogP contribution in [0, 0.1) is 0 Å². The molecule has 1 aromatic heterocycles. The topological polar surface area (TPSA) is 67.3 Å². The van der Waals surface area contributed by atoms with Crippen LogP contribution in [0.4, 0.5) is 0 Å². The second-order valence-electron chi connectivity index (χ2n) is 7.13. The minimum absolute atomic E-state index is 0.0507. The van der Waals surface area contributed by atoms with Crippen molar-refractivity contribution < 1.29 is 14.7 Å². The zero-order valence-corrected chi connectivity index (χ0v) is 17.1. The van der Waals surface area contributed by atoms with Gasteiger partial charge in [-0.15, -0.1) is 11.3 Å². The third-order valence-electron chi connectivity index (χ3n) is 4.63. The van der Waals surface area contributed by atoms with Crippen LogP contribution in [0.15, 0.2) is 5.38 Å². The number of aromatic nitrogens is 1. The molecule has 0 aliphatic carbocycles. The number of carboxylic acids is 1. The van der Waals surface area contributed by atoms with E-state index in [9.17, 15) is 9.59 Å². The van der Waals surface area contributed by atoms with E-state index in [2.05, 4.69) is 11.9 Å². The molecule has 1 rings (SSSR count). The smallest absolute Gasteiger partial charge is 0.309 e. The van der Waals surface area contributed by atoms with Gasteiger partial charge < -0.3 is 5.11 Å². The van der Waals surface area contributed by atoms with E-state index in [0.717, 1.165) is 12.8 Å². The second-order valence-corrected chi connectivity index (χ2v) is 7.99. The summed E-state index contributed by atoms with van der Waals surface area (Å²) in [6.45, 7) is 2.26. The molecule has 1 heterocycles. The highest BCUT2D eigenvalue weighted by Gasteiger charge is 2.12. The summed E-state index contributed by atoms with van der Waals surface area (Å²) in [5.74, 6) is -0.861. The Morgan fingerprint density at radius 3 is 1.88 bits per heavy atom. The first-order valence-electron chi connectivity index (χ1n) is 10.3. The van der Waals surface area contributed by atoms with Crippen molar-refractivity contribution in [3.8, 4) is 0 Å². The van der Waals surface area contributed by atoms with E-state index in [4.69, 9.17) is 5.11 Å². The number of carboxylic acid groups (broad SMARTS) is 1. The van der Waals surface area contributed by atoms with Gasteiger partial charge in [-0.3, -0.25) is 9.59 Å². The lowest BCUT2D eigenvalue weighted by molar-refractivity contribution is -0.136. The standard InChI is InChI=1S/C21H35NO3S/c1-2-3-4-5-6-7-8-9-10-11-12-13-14-15-19(23)21-22-18(17-26-21)16-20(24)25/h17H,2-16H2,1H3,(H,24,25). The molecule has 0 saturated heterocycles. The van der Waals surface area contributed by atoms with Crippen LogP contribution in [-0.4, -0.2) is 21.8 Å². The minimum atomic E-state index is -0.911. The number of hydrogen-bond acceptors (Lipinski definition) is 4. The van der Waals surface area contributed by atoms with Crippen LogP contribution in [-0.2, 0) is 11.2 Å². The van der Waals surface area contributed by atoms with Crippen LogP contribution in [0.25, 0.3) is 0 Å². The third-order valence-corrected chi connectivity index (χ3v) is 5.56. The number of hydrogen-bond donors (Lipinski definition) is 1. The Bertz CT molecular complexity index is 513. The lowest BCUT2D eigenvalue weighted by Gasteiger charge is -2.03. The zero-order valence-electron chi connectivity index (χ0n) is 16.3. The fourth-order valence-electron chi connectivity index (χ4n) is 3.08. The van der Waals surface area contributed by atoms with Crippen molar-refractivity contribution in [3.63, 3.8) is 0 Å². The maximum atomic E-state index is 12.0. The highest BCUT2D eigenvalue weighted by Crippen LogP contribution is 2.16. The van der Waals surface area contributed by atoms with E-state index in [1.54, 1.807) is 5.38 Å². The molecule has 0 amide bonds. The number of carbonyl (C=O) groups is 2. The van der Waals surface area contributed by atoms with Crippen LogP contribution in [0.3, 0.4) is 0 Å². The predicted molar refractivity (Wildman–Crippen MR) is 108 cm³/mol. The summed E-state index contributed by atoms with van der Waals surface area (Å²) >= 11 is 1.26. The van der Waals surface area contributed by atoms with Gasteiger partial charge in [0, 0.05) is 11.8 Å². The fourth-order valence-corrected chi connectivity index (χ4v) is 3.87. The maximum Gasteiger partial charge on any atom is 0.309 e. The number of Topliss-reactive ketones (excluding diaryl/α,β-unsaturated/α-hetero) is 1. The van der Waals surface area contributed by atoms with Crippen molar-refractivity contribution in [2.24, 2.45) is 0 Å². The molecule has 0 spiro atoms. The van der Waals surface area contributed by atoms with Crippen LogP contribution in [0.5, 0.6) is 0 Å². The number of carbonyl (C=O) groups excluding carboxylic acids is 1. The van der Waals surface area contributed by atoms with Gasteiger partial charge in [0.15, 0.2) is 10.8 Å². The van der Waals surface area contributed by atoms with Crippen LogP contribution >= 0.6 is 11.3 Å². The van der Waals surface area contributed by atoms with Crippen molar-refractivity contribution >= 4 is 23.1 Å². The first-order chi connectivity index (χ1) is 12.6. The van der Waals surface area contributed by atoms with Crippen molar-refractivity contribution in [3.05, 3.63) is 16.1 Å². The summed E-state index contributed by atoms with van der Waals surface area (Å²) in [7, 11) is 0. The second kappa shape index (κ2) is 14.9.